The minimum Gasteiger partial charge on any atom is -0.500 e. The molecule has 1 aliphatic heterocycles. The predicted octanol–water partition coefficient (Wildman–Crippen LogP) is 1.96. The molecule has 72 valence electrons. The van der Waals surface area contributed by atoms with Crippen LogP contribution in [0.1, 0.15) is 5.56 Å². The molecule has 1 aliphatic rings. The lowest BCUT2D eigenvalue weighted by molar-refractivity contribution is -0.120. The lowest BCUT2D eigenvalue weighted by Crippen LogP contribution is -2.23. The van der Waals surface area contributed by atoms with Gasteiger partial charge >= 0.3 is 0 Å². The number of ketones is 1. The van der Waals surface area contributed by atoms with E-state index in [4.69, 9.17) is 4.74 Å². The van der Waals surface area contributed by atoms with Crippen LogP contribution in [0.25, 0.3) is 0 Å². The first-order valence-electron chi connectivity index (χ1n) is 4.72. The van der Waals surface area contributed by atoms with Crippen molar-refractivity contribution in [1.29, 1.82) is 0 Å². The van der Waals surface area contributed by atoms with Gasteiger partial charge in [-0.2, -0.15) is 0 Å². The summed E-state index contributed by atoms with van der Waals surface area (Å²) in [5, 5.41) is 0. The molecule has 0 N–H and O–H groups in total. The lowest BCUT2D eigenvalue weighted by Gasteiger charge is -2.16. The average Bonchev–Trinajstić information content (AvgIpc) is 2.23. The van der Waals surface area contributed by atoms with Gasteiger partial charge in [0, 0.05) is 6.08 Å². The van der Waals surface area contributed by atoms with Crippen molar-refractivity contribution in [3.8, 4) is 0 Å². The summed E-state index contributed by atoms with van der Waals surface area (Å²) in [7, 11) is 0. The summed E-state index contributed by atoms with van der Waals surface area (Å²) in [4.78, 5) is 11.4. The largest absolute Gasteiger partial charge is 0.500 e. The fourth-order valence-electron chi connectivity index (χ4n) is 1.56. The van der Waals surface area contributed by atoms with Crippen molar-refractivity contribution in [3.05, 3.63) is 48.2 Å². The number of carbonyl (C=O) groups excluding carboxylic acids is 1. The molecule has 0 aromatic heterocycles. The number of allylic oxidation sites excluding steroid dienone is 1. The third-order valence-electron chi connectivity index (χ3n) is 2.35. The van der Waals surface area contributed by atoms with Crippen LogP contribution in [0.15, 0.2) is 42.7 Å². The Morgan fingerprint density at radius 1 is 1.29 bits per heavy atom. The molecule has 2 rings (SSSR count). The van der Waals surface area contributed by atoms with Gasteiger partial charge in [0.15, 0.2) is 5.78 Å². The van der Waals surface area contributed by atoms with Crippen LogP contribution >= 0.6 is 0 Å². The van der Waals surface area contributed by atoms with Crippen molar-refractivity contribution in [3.63, 3.8) is 0 Å². The van der Waals surface area contributed by atoms with E-state index in [2.05, 4.69) is 0 Å². The second kappa shape index (κ2) is 4.09. The highest BCUT2D eigenvalue weighted by molar-refractivity contribution is 5.92. The summed E-state index contributed by atoms with van der Waals surface area (Å²) in [6.07, 6.45) is 3.75. The molecule has 0 aliphatic carbocycles. The Morgan fingerprint density at radius 2 is 2.07 bits per heavy atom. The smallest absolute Gasteiger partial charge is 0.165 e. The summed E-state index contributed by atoms with van der Waals surface area (Å²) >= 11 is 0. The van der Waals surface area contributed by atoms with Gasteiger partial charge in [-0.1, -0.05) is 30.3 Å². The molecular formula is C12H12O2. The van der Waals surface area contributed by atoms with Gasteiger partial charge in [0.2, 0.25) is 0 Å². The fourth-order valence-corrected chi connectivity index (χ4v) is 1.56. The van der Waals surface area contributed by atoms with Gasteiger partial charge in [0.25, 0.3) is 0 Å². The molecule has 2 nitrogen and oxygen atoms in total. The van der Waals surface area contributed by atoms with E-state index in [0.717, 1.165) is 6.42 Å². The Hall–Kier alpha value is -1.57. The molecule has 0 fully saturated rings. The van der Waals surface area contributed by atoms with Crippen molar-refractivity contribution in [2.75, 3.05) is 6.61 Å². The van der Waals surface area contributed by atoms with Crippen molar-refractivity contribution in [1.82, 2.24) is 0 Å². The molecule has 1 aromatic rings. The zero-order valence-electron chi connectivity index (χ0n) is 7.85. The molecule has 0 radical (unpaired) electrons. The molecule has 1 heterocycles. The van der Waals surface area contributed by atoms with E-state index in [1.807, 2.05) is 30.3 Å². The Balaban J connectivity index is 2.04. The zero-order chi connectivity index (χ0) is 9.80. The Labute approximate surface area is 83.2 Å². The summed E-state index contributed by atoms with van der Waals surface area (Å²) in [5.41, 5.74) is 1.18. The number of carbonyl (C=O) groups is 1. The predicted molar refractivity (Wildman–Crippen MR) is 53.7 cm³/mol. The molecule has 2 heteroatoms. The molecule has 0 spiro atoms. The van der Waals surface area contributed by atoms with Crippen molar-refractivity contribution in [2.24, 2.45) is 5.92 Å². The topological polar surface area (TPSA) is 26.3 Å². The van der Waals surface area contributed by atoms with Crippen molar-refractivity contribution < 1.29 is 9.53 Å². The summed E-state index contributed by atoms with van der Waals surface area (Å²) in [5.74, 6) is 0.155. The molecule has 0 unspecified atom stereocenters. The maximum atomic E-state index is 11.4. The highest BCUT2D eigenvalue weighted by atomic mass is 16.5. The second-order valence-corrected chi connectivity index (χ2v) is 3.43. The SMILES string of the molecule is O=C1C=COC[C@H]1Cc1ccccc1. The van der Waals surface area contributed by atoms with Gasteiger partial charge in [-0.3, -0.25) is 4.79 Å². The van der Waals surface area contributed by atoms with Crippen LogP contribution in [0.5, 0.6) is 0 Å². The van der Waals surface area contributed by atoms with Crippen LogP contribution in [-0.2, 0) is 16.0 Å². The van der Waals surface area contributed by atoms with E-state index >= 15 is 0 Å². The third-order valence-corrected chi connectivity index (χ3v) is 2.35. The maximum absolute atomic E-state index is 11.4. The van der Waals surface area contributed by atoms with Gasteiger partial charge in [-0.05, 0) is 12.0 Å². The monoisotopic (exact) mass is 188 g/mol. The molecule has 0 saturated heterocycles. The Bertz CT molecular complexity index is 341. The molecule has 14 heavy (non-hydrogen) atoms. The number of benzene rings is 1. The Kier molecular flexibility index (Phi) is 2.63. The van der Waals surface area contributed by atoms with Crippen molar-refractivity contribution >= 4 is 5.78 Å². The molecular weight excluding hydrogens is 176 g/mol. The van der Waals surface area contributed by atoms with Gasteiger partial charge in [0.1, 0.15) is 0 Å². The summed E-state index contributed by atoms with van der Waals surface area (Å²) < 4.78 is 5.12. The van der Waals surface area contributed by atoms with E-state index in [-0.39, 0.29) is 11.7 Å². The number of rotatable bonds is 2. The highest BCUT2D eigenvalue weighted by Gasteiger charge is 2.19. The quantitative estimate of drug-likeness (QED) is 0.709. The van der Waals surface area contributed by atoms with Crippen LogP contribution in [0.2, 0.25) is 0 Å². The van der Waals surface area contributed by atoms with Gasteiger partial charge in [-0.15, -0.1) is 0 Å². The van der Waals surface area contributed by atoms with E-state index < -0.39 is 0 Å². The van der Waals surface area contributed by atoms with Gasteiger partial charge < -0.3 is 4.74 Å². The van der Waals surface area contributed by atoms with E-state index in [0.29, 0.717) is 6.61 Å². The van der Waals surface area contributed by atoms with E-state index in [1.165, 1.54) is 17.9 Å². The first-order chi connectivity index (χ1) is 6.86. The first kappa shape index (κ1) is 9.00. The Morgan fingerprint density at radius 3 is 2.79 bits per heavy atom. The van der Waals surface area contributed by atoms with Gasteiger partial charge in [-0.25, -0.2) is 0 Å². The number of hydrogen-bond donors (Lipinski definition) is 0. The molecule has 1 atom stereocenters. The number of ether oxygens (including phenoxy) is 1. The molecule has 0 saturated carbocycles. The van der Waals surface area contributed by atoms with Crippen LogP contribution < -0.4 is 0 Å². The molecule has 0 bridgehead atoms. The first-order valence-corrected chi connectivity index (χ1v) is 4.72. The standard InChI is InChI=1S/C12H12O2/c13-12-6-7-14-9-11(12)8-10-4-2-1-3-5-10/h1-7,11H,8-9H2/t11-/m1/s1. The van der Waals surface area contributed by atoms with Crippen LogP contribution in [-0.4, -0.2) is 12.4 Å². The highest BCUT2D eigenvalue weighted by Crippen LogP contribution is 2.13. The summed E-state index contributed by atoms with van der Waals surface area (Å²) in [6, 6.07) is 10.0. The van der Waals surface area contributed by atoms with Gasteiger partial charge in [0.05, 0.1) is 18.8 Å². The molecule has 1 aromatic carbocycles. The average molecular weight is 188 g/mol. The number of hydrogen-bond acceptors (Lipinski definition) is 2. The van der Waals surface area contributed by atoms with Crippen LogP contribution in [0, 0.1) is 5.92 Å². The normalized spacial score (nSPS) is 20.6. The lowest BCUT2D eigenvalue weighted by atomic mass is 9.95. The minimum atomic E-state index is -0.0117. The van der Waals surface area contributed by atoms with Crippen molar-refractivity contribution in [2.45, 2.75) is 6.42 Å². The van der Waals surface area contributed by atoms with E-state index in [1.54, 1.807) is 0 Å². The van der Waals surface area contributed by atoms with Crippen LogP contribution in [0.3, 0.4) is 0 Å². The zero-order valence-corrected chi connectivity index (χ0v) is 7.85. The molecule has 0 amide bonds. The fraction of sp³-hybridized carbons (Fsp3) is 0.250. The second-order valence-electron chi connectivity index (χ2n) is 3.43. The summed E-state index contributed by atoms with van der Waals surface area (Å²) in [6.45, 7) is 0.504. The third kappa shape index (κ3) is 2.02. The minimum absolute atomic E-state index is 0.0117. The van der Waals surface area contributed by atoms with E-state index in [9.17, 15) is 4.79 Å². The maximum Gasteiger partial charge on any atom is 0.165 e. The van der Waals surface area contributed by atoms with Crippen LogP contribution in [0.4, 0.5) is 0 Å².